The number of likely N-dealkylation sites (tertiary alicyclic amines) is 2. The number of halogens is 1. The lowest BCUT2D eigenvalue weighted by Gasteiger charge is -2.35. The van der Waals surface area contributed by atoms with Gasteiger partial charge in [0.2, 0.25) is 0 Å². The van der Waals surface area contributed by atoms with Crippen LogP contribution in [0.15, 0.2) is 24.3 Å². The van der Waals surface area contributed by atoms with Gasteiger partial charge in [0.25, 0.3) is 0 Å². The molecular weight excluding hydrogens is 291 g/mol. The summed E-state index contributed by atoms with van der Waals surface area (Å²) in [6.45, 7) is 7.72. The molecule has 3 saturated heterocycles. The molecule has 3 fully saturated rings. The summed E-state index contributed by atoms with van der Waals surface area (Å²) in [5, 5.41) is 0. The molecule has 0 aliphatic carbocycles. The van der Waals surface area contributed by atoms with Crippen LogP contribution in [-0.4, -0.2) is 55.2 Å². The molecule has 126 valence electrons. The van der Waals surface area contributed by atoms with Gasteiger partial charge < -0.3 is 9.64 Å². The van der Waals surface area contributed by atoms with E-state index >= 15 is 0 Å². The molecule has 4 heteroatoms. The fourth-order valence-corrected chi connectivity index (χ4v) is 4.61. The topological polar surface area (TPSA) is 15.7 Å². The predicted octanol–water partition coefficient (Wildman–Crippen LogP) is 2.76. The average molecular weight is 318 g/mol. The fraction of sp³-hybridized carbons (Fsp3) is 0.684. The Morgan fingerprint density at radius 1 is 1.09 bits per heavy atom. The number of ether oxygens (including phenoxy) is 1. The van der Waals surface area contributed by atoms with Crippen molar-refractivity contribution in [2.75, 3.05) is 39.3 Å². The van der Waals surface area contributed by atoms with Crippen molar-refractivity contribution in [3.63, 3.8) is 0 Å². The minimum Gasteiger partial charge on any atom is -0.377 e. The molecule has 0 N–H and O–H groups in total. The van der Waals surface area contributed by atoms with Crippen molar-refractivity contribution in [2.24, 2.45) is 11.8 Å². The van der Waals surface area contributed by atoms with E-state index in [0.717, 1.165) is 43.6 Å². The fourth-order valence-electron chi connectivity index (χ4n) is 4.61. The Balaban J connectivity index is 1.30. The van der Waals surface area contributed by atoms with E-state index < -0.39 is 0 Å². The maximum Gasteiger partial charge on any atom is 0.123 e. The highest BCUT2D eigenvalue weighted by Crippen LogP contribution is 2.32. The van der Waals surface area contributed by atoms with Crippen LogP contribution in [0.25, 0.3) is 0 Å². The summed E-state index contributed by atoms with van der Waals surface area (Å²) < 4.78 is 19.1. The van der Waals surface area contributed by atoms with Crippen molar-refractivity contribution in [2.45, 2.75) is 31.9 Å². The van der Waals surface area contributed by atoms with Crippen LogP contribution in [0.1, 0.15) is 24.8 Å². The quantitative estimate of drug-likeness (QED) is 0.849. The van der Waals surface area contributed by atoms with Gasteiger partial charge in [0, 0.05) is 39.3 Å². The summed E-state index contributed by atoms with van der Waals surface area (Å²) in [5.74, 6) is 1.48. The molecule has 0 radical (unpaired) electrons. The van der Waals surface area contributed by atoms with E-state index in [1.807, 2.05) is 12.1 Å². The smallest absolute Gasteiger partial charge is 0.123 e. The third kappa shape index (κ3) is 3.76. The van der Waals surface area contributed by atoms with E-state index in [1.54, 1.807) is 6.07 Å². The molecule has 0 bridgehead atoms. The van der Waals surface area contributed by atoms with Crippen LogP contribution in [0, 0.1) is 17.7 Å². The molecule has 3 aliphatic heterocycles. The van der Waals surface area contributed by atoms with Crippen molar-refractivity contribution < 1.29 is 9.13 Å². The van der Waals surface area contributed by atoms with Gasteiger partial charge in [-0.25, -0.2) is 4.39 Å². The molecule has 3 nitrogen and oxygen atoms in total. The van der Waals surface area contributed by atoms with Crippen molar-refractivity contribution in [1.82, 2.24) is 9.80 Å². The van der Waals surface area contributed by atoms with Crippen molar-refractivity contribution in [1.29, 1.82) is 0 Å². The Morgan fingerprint density at radius 3 is 2.78 bits per heavy atom. The number of hydrogen-bond donors (Lipinski definition) is 0. The Bertz CT molecular complexity index is 532. The SMILES string of the molecule is Fc1cccc(CN2C[C@H]3CN(CC4CCCO4)CC[C@H]3C2)c1. The monoisotopic (exact) mass is 318 g/mol. The Kier molecular flexibility index (Phi) is 4.65. The molecule has 0 saturated carbocycles. The van der Waals surface area contributed by atoms with Gasteiger partial charge in [-0.15, -0.1) is 0 Å². The number of nitrogens with zero attached hydrogens (tertiary/aromatic N) is 2. The first-order valence-electron chi connectivity index (χ1n) is 9.07. The summed E-state index contributed by atoms with van der Waals surface area (Å²) in [4.78, 5) is 5.13. The van der Waals surface area contributed by atoms with Gasteiger partial charge in [-0.2, -0.15) is 0 Å². The third-order valence-electron chi connectivity index (χ3n) is 5.74. The maximum absolute atomic E-state index is 13.3. The van der Waals surface area contributed by atoms with Crippen molar-refractivity contribution in [3.8, 4) is 0 Å². The largest absolute Gasteiger partial charge is 0.377 e. The maximum atomic E-state index is 13.3. The molecule has 3 aliphatic rings. The second-order valence-corrected chi connectivity index (χ2v) is 7.53. The highest BCUT2D eigenvalue weighted by Gasteiger charge is 2.37. The lowest BCUT2D eigenvalue weighted by molar-refractivity contribution is 0.0507. The molecule has 1 unspecified atom stereocenters. The lowest BCUT2D eigenvalue weighted by Crippen LogP contribution is -2.43. The van der Waals surface area contributed by atoms with E-state index in [2.05, 4.69) is 9.80 Å². The van der Waals surface area contributed by atoms with E-state index in [-0.39, 0.29) is 5.82 Å². The van der Waals surface area contributed by atoms with E-state index in [9.17, 15) is 4.39 Å². The molecule has 23 heavy (non-hydrogen) atoms. The average Bonchev–Trinajstić information content (AvgIpc) is 3.16. The van der Waals surface area contributed by atoms with Crippen LogP contribution >= 0.6 is 0 Å². The molecule has 1 aromatic rings. The summed E-state index contributed by atoms with van der Waals surface area (Å²) in [7, 11) is 0. The van der Waals surface area contributed by atoms with Crippen LogP contribution in [0.4, 0.5) is 4.39 Å². The minimum absolute atomic E-state index is 0.123. The zero-order valence-electron chi connectivity index (χ0n) is 13.8. The summed E-state index contributed by atoms with van der Waals surface area (Å²) in [5.41, 5.74) is 1.10. The molecule has 0 aromatic heterocycles. The van der Waals surface area contributed by atoms with E-state index in [0.29, 0.717) is 6.10 Å². The van der Waals surface area contributed by atoms with Gasteiger partial charge in [-0.05, 0) is 55.3 Å². The van der Waals surface area contributed by atoms with E-state index in [1.165, 1.54) is 45.0 Å². The minimum atomic E-state index is -0.123. The van der Waals surface area contributed by atoms with Gasteiger partial charge in [0.15, 0.2) is 0 Å². The second-order valence-electron chi connectivity index (χ2n) is 7.53. The van der Waals surface area contributed by atoms with Crippen molar-refractivity contribution in [3.05, 3.63) is 35.6 Å². The summed E-state index contributed by atoms with van der Waals surface area (Å²) >= 11 is 0. The normalized spacial score (nSPS) is 32.3. The van der Waals surface area contributed by atoms with Crippen LogP contribution in [-0.2, 0) is 11.3 Å². The number of fused-ring (bicyclic) bond motifs is 1. The van der Waals surface area contributed by atoms with Crippen LogP contribution < -0.4 is 0 Å². The molecule has 3 atom stereocenters. The van der Waals surface area contributed by atoms with Gasteiger partial charge in [-0.3, -0.25) is 4.90 Å². The first-order valence-corrected chi connectivity index (χ1v) is 9.07. The number of benzene rings is 1. The Hall–Kier alpha value is -0.970. The lowest BCUT2D eigenvalue weighted by atomic mass is 9.88. The molecule has 4 rings (SSSR count). The standard InChI is InChI=1S/C19H27FN2O/c20-18-4-1-3-15(9-18)10-22-11-16-6-7-21(12-17(16)13-22)14-19-5-2-8-23-19/h1,3-4,9,16-17,19H,2,5-8,10-14H2/t16-,17+,19?/m0/s1. The van der Waals surface area contributed by atoms with Crippen LogP contribution in [0.5, 0.6) is 0 Å². The predicted molar refractivity (Wildman–Crippen MR) is 88.7 cm³/mol. The molecule has 0 amide bonds. The van der Waals surface area contributed by atoms with E-state index in [4.69, 9.17) is 4.74 Å². The number of rotatable bonds is 4. The molecule has 1 aromatic carbocycles. The zero-order valence-corrected chi connectivity index (χ0v) is 13.8. The van der Waals surface area contributed by atoms with Crippen molar-refractivity contribution >= 4 is 0 Å². The summed E-state index contributed by atoms with van der Waals surface area (Å²) in [6.07, 6.45) is 4.23. The first-order chi connectivity index (χ1) is 11.3. The van der Waals surface area contributed by atoms with Gasteiger partial charge in [-0.1, -0.05) is 12.1 Å². The van der Waals surface area contributed by atoms with Gasteiger partial charge in [0.05, 0.1) is 6.10 Å². The highest BCUT2D eigenvalue weighted by atomic mass is 19.1. The molecule has 3 heterocycles. The van der Waals surface area contributed by atoms with Crippen LogP contribution in [0.2, 0.25) is 0 Å². The summed E-state index contributed by atoms with van der Waals surface area (Å²) in [6, 6.07) is 7.05. The van der Waals surface area contributed by atoms with Crippen LogP contribution in [0.3, 0.4) is 0 Å². The molecular formula is C19H27FN2O. The molecule has 0 spiro atoms. The van der Waals surface area contributed by atoms with Gasteiger partial charge >= 0.3 is 0 Å². The Morgan fingerprint density at radius 2 is 1.96 bits per heavy atom. The number of hydrogen-bond acceptors (Lipinski definition) is 3. The highest BCUT2D eigenvalue weighted by molar-refractivity contribution is 5.16. The first kappa shape index (κ1) is 15.6. The number of piperidine rings is 1. The zero-order chi connectivity index (χ0) is 15.6. The second kappa shape index (κ2) is 6.88. The van der Waals surface area contributed by atoms with Gasteiger partial charge in [0.1, 0.15) is 5.82 Å². The Labute approximate surface area is 138 Å². The third-order valence-corrected chi connectivity index (χ3v) is 5.74.